The summed E-state index contributed by atoms with van der Waals surface area (Å²) in [5.41, 5.74) is 2.73. The van der Waals surface area contributed by atoms with Crippen molar-refractivity contribution in [2.24, 2.45) is 0 Å². The van der Waals surface area contributed by atoms with E-state index in [1.165, 1.54) is 6.08 Å². The Balaban J connectivity index is 5.83. The molecule has 0 aromatic rings. The van der Waals surface area contributed by atoms with Gasteiger partial charge in [-0.1, -0.05) is 18.2 Å². The number of hydrogen-bond donors (Lipinski definition) is 2. The lowest BCUT2D eigenvalue weighted by Gasteiger charge is -2.10. The molecule has 108 valence electrons. The van der Waals surface area contributed by atoms with Gasteiger partial charge in [0.05, 0.1) is 12.2 Å². The molecular weight excluding hydrogens is 252 g/mol. The summed E-state index contributed by atoms with van der Waals surface area (Å²) in [5, 5.41) is 14.9. The maximum absolute atomic E-state index is 11.9. The lowest BCUT2D eigenvalue weighted by molar-refractivity contribution is -0.138. The molecule has 0 aromatic carbocycles. The first kappa shape index (κ1) is 17.8. The van der Waals surface area contributed by atoms with Crippen LogP contribution in [-0.4, -0.2) is 24.5 Å². The van der Waals surface area contributed by atoms with Gasteiger partial charge in [-0.15, -0.1) is 0 Å². The molecule has 0 saturated heterocycles. The van der Waals surface area contributed by atoms with Gasteiger partial charge in [0.1, 0.15) is 0 Å². The molecule has 0 aliphatic carbocycles. The van der Waals surface area contributed by atoms with E-state index in [1.54, 1.807) is 26.0 Å². The first-order valence-corrected chi connectivity index (χ1v) is 6.34. The predicted octanol–water partition coefficient (Wildman–Crippen LogP) is 3.61. The fraction of sp³-hybridized carbons (Fsp3) is 0.312. The summed E-state index contributed by atoms with van der Waals surface area (Å²) in [6.45, 7) is 11.0. The van der Waals surface area contributed by atoms with Crippen molar-refractivity contribution in [1.82, 2.24) is 0 Å². The summed E-state index contributed by atoms with van der Waals surface area (Å²) in [4.78, 5) is 11.9. The second-order valence-electron chi connectivity index (χ2n) is 4.31. The first-order valence-electron chi connectivity index (χ1n) is 6.34. The van der Waals surface area contributed by atoms with E-state index in [9.17, 15) is 4.79 Å². The fourth-order valence-corrected chi connectivity index (χ4v) is 1.54. The lowest BCUT2D eigenvalue weighted by atomic mass is 9.98. The maximum atomic E-state index is 11.9. The zero-order chi connectivity index (χ0) is 15.7. The van der Waals surface area contributed by atoms with E-state index in [-0.39, 0.29) is 0 Å². The van der Waals surface area contributed by atoms with Crippen LogP contribution in [0.5, 0.6) is 0 Å². The van der Waals surface area contributed by atoms with Crippen LogP contribution in [0.1, 0.15) is 27.7 Å². The second-order valence-corrected chi connectivity index (χ2v) is 4.31. The van der Waals surface area contributed by atoms with Crippen LogP contribution in [0.25, 0.3) is 0 Å². The molecule has 2 N–H and O–H groups in total. The third kappa shape index (κ3) is 5.18. The van der Waals surface area contributed by atoms with Crippen LogP contribution in [0, 0.1) is 10.8 Å². The van der Waals surface area contributed by atoms with E-state index in [4.69, 9.17) is 15.6 Å². The number of carbonyl (C=O) groups excluding carboxylic acids is 1. The van der Waals surface area contributed by atoms with Gasteiger partial charge < -0.3 is 15.6 Å². The molecule has 0 spiro atoms. The summed E-state index contributed by atoms with van der Waals surface area (Å²) >= 11 is 0. The molecule has 0 unspecified atom stereocenters. The highest BCUT2D eigenvalue weighted by Crippen LogP contribution is 2.18. The number of carbonyl (C=O) groups is 1. The third-order valence-electron chi connectivity index (χ3n) is 2.52. The van der Waals surface area contributed by atoms with Gasteiger partial charge in [0.25, 0.3) is 0 Å². The molecule has 0 atom stereocenters. The fourth-order valence-electron chi connectivity index (χ4n) is 1.54. The highest BCUT2D eigenvalue weighted by Gasteiger charge is 2.12. The molecule has 20 heavy (non-hydrogen) atoms. The van der Waals surface area contributed by atoms with Gasteiger partial charge in [0.15, 0.2) is 0 Å². The van der Waals surface area contributed by atoms with E-state index in [0.29, 0.717) is 29.0 Å². The quantitative estimate of drug-likeness (QED) is 0.322. The Morgan fingerprint density at radius 1 is 1.30 bits per heavy atom. The van der Waals surface area contributed by atoms with Gasteiger partial charge in [0.2, 0.25) is 0 Å². The molecule has 0 rings (SSSR count). The second kappa shape index (κ2) is 8.80. The van der Waals surface area contributed by atoms with E-state index < -0.39 is 5.97 Å². The zero-order valence-corrected chi connectivity index (χ0v) is 12.5. The van der Waals surface area contributed by atoms with Crippen molar-refractivity contribution in [3.8, 4) is 0 Å². The number of nitrogens with one attached hydrogen (secondary N) is 2. The normalized spacial score (nSPS) is 11.6. The predicted molar refractivity (Wildman–Crippen MR) is 83.6 cm³/mol. The minimum absolute atomic E-state index is 0.302. The van der Waals surface area contributed by atoms with Crippen LogP contribution in [0.3, 0.4) is 0 Å². The number of hydrogen-bond acceptors (Lipinski definition) is 4. The molecule has 4 nitrogen and oxygen atoms in total. The molecular formula is C16H22N2O2. The Kier molecular flexibility index (Phi) is 7.82. The number of allylic oxidation sites excluding steroid dienone is 5. The van der Waals surface area contributed by atoms with E-state index in [2.05, 4.69) is 6.58 Å². The highest BCUT2D eigenvalue weighted by molar-refractivity contribution is 6.04. The van der Waals surface area contributed by atoms with Crippen molar-refractivity contribution in [2.75, 3.05) is 6.61 Å². The molecule has 0 aromatic heterocycles. The largest absolute Gasteiger partial charge is 0.462 e. The van der Waals surface area contributed by atoms with Crippen LogP contribution in [-0.2, 0) is 9.53 Å². The molecule has 0 radical (unpaired) electrons. The average molecular weight is 274 g/mol. The summed E-state index contributed by atoms with van der Waals surface area (Å²) in [6.07, 6.45) is 5.82. The van der Waals surface area contributed by atoms with Crippen molar-refractivity contribution in [3.63, 3.8) is 0 Å². The van der Waals surface area contributed by atoms with Crippen molar-refractivity contribution < 1.29 is 9.53 Å². The van der Waals surface area contributed by atoms with Crippen molar-refractivity contribution in [2.45, 2.75) is 27.7 Å². The molecule has 0 amide bonds. The van der Waals surface area contributed by atoms with E-state index in [1.807, 2.05) is 13.8 Å². The van der Waals surface area contributed by atoms with Gasteiger partial charge >= 0.3 is 5.97 Å². The van der Waals surface area contributed by atoms with Gasteiger partial charge in [-0.3, -0.25) is 0 Å². The number of rotatable bonds is 7. The molecule has 0 fully saturated rings. The summed E-state index contributed by atoms with van der Waals surface area (Å²) in [7, 11) is 0. The van der Waals surface area contributed by atoms with Gasteiger partial charge in [0, 0.05) is 17.5 Å². The van der Waals surface area contributed by atoms with E-state index in [0.717, 1.165) is 11.8 Å². The van der Waals surface area contributed by atoms with Crippen molar-refractivity contribution in [1.29, 1.82) is 10.8 Å². The monoisotopic (exact) mass is 274 g/mol. The Morgan fingerprint density at radius 3 is 2.25 bits per heavy atom. The minimum Gasteiger partial charge on any atom is -0.462 e. The Bertz CT molecular complexity index is 505. The molecule has 4 heteroatoms. The smallest absolute Gasteiger partial charge is 0.338 e. The van der Waals surface area contributed by atoms with Crippen LogP contribution < -0.4 is 0 Å². The van der Waals surface area contributed by atoms with Gasteiger partial charge in [-0.05, 0) is 45.4 Å². The van der Waals surface area contributed by atoms with Gasteiger partial charge in [-0.2, -0.15) is 0 Å². The Hall–Kier alpha value is -2.23. The van der Waals surface area contributed by atoms with Crippen LogP contribution >= 0.6 is 0 Å². The Morgan fingerprint density at radius 2 is 1.90 bits per heavy atom. The summed E-state index contributed by atoms with van der Waals surface area (Å²) < 4.78 is 5.02. The maximum Gasteiger partial charge on any atom is 0.338 e. The van der Waals surface area contributed by atoms with Crippen molar-refractivity contribution >= 4 is 17.9 Å². The van der Waals surface area contributed by atoms with Crippen molar-refractivity contribution in [3.05, 3.63) is 47.1 Å². The summed E-state index contributed by atoms with van der Waals surface area (Å²) in [6, 6.07) is 0. The Labute approximate surface area is 120 Å². The third-order valence-corrected chi connectivity index (χ3v) is 2.52. The van der Waals surface area contributed by atoms with E-state index >= 15 is 0 Å². The molecule has 0 aliphatic rings. The summed E-state index contributed by atoms with van der Waals surface area (Å²) in [5.74, 6) is -0.399. The van der Waals surface area contributed by atoms with Crippen LogP contribution in [0.15, 0.2) is 47.1 Å². The van der Waals surface area contributed by atoms with Crippen LogP contribution in [0.4, 0.5) is 0 Å². The number of ether oxygens (including phenoxy) is 1. The lowest BCUT2D eigenvalue weighted by Crippen LogP contribution is -2.09. The molecule has 0 bridgehead atoms. The first-order chi connectivity index (χ1) is 9.38. The highest BCUT2D eigenvalue weighted by atomic mass is 16.5. The van der Waals surface area contributed by atoms with Gasteiger partial charge in [-0.25, -0.2) is 4.79 Å². The standard InChI is InChI=1S/C16H22N2O2/c1-6-13(14(8-9-17)12(5)18)10-15(11(3)4)16(19)20-7-2/h6,8-10,17-18H,1,7H2,2-5H3/b13-10+,14-8+,17-9?,18-12?. The van der Waals surface area contributed by atoms with Crippen LogP contribution in [0.2, 0.25) is 0 Å². The molecule has 0 saturated carbocycles. The average Bonchev–Trinajstić information content (AvgIpc) is 2.37. The SMILES string of the molecule is C=CC(=C\C(C(=O)OCC)=C(C)C)/C(=C/C=N)C(C)=N. The minimum atomic E-state index is -0.399. The molecule has 0 aliphatic heterocycles. The zero-order valence-electron chi connectivity index (χ0n) is 12.5. The molecule has 0 heterocycles. The number of esters is 1. The topological polar surface area (TPSA) is 74.0 Å².